The third-order valence-corrected chi connectivity index (χ3v) is 8.96. The van der Waals surface area contributed by atoms with Crippen LogP contribution in [-0.2, 0) is 22.6 Å². The van der Waals surface area contributed by atoms with Gasteiger partial charge < -0.3 is 24.8 Å². The largest absolute Gasteiger partial charge is 0.496 e. The zero-order valence-corrected chi connectivity index (χ0v) is 26.9. The average Bonchev–Trinajstić information content (AvgIpc) is 3.46. The van der Waals surface area contributed by atoms with E-state index in [1.807, 2.05) is 80.6 Å². The lowest BCUT2D eigenvalue weighted by atomic mass is 9.92. The molecule has 1 saturated heterocycles. The van der Waals surface area contributed by atoms with Crippen molar-refractivity contribution in [3.05, 3.63) is 94.6 Å². The number of aliphatic carboxylic acids is 1. The van der Waals surface area contributed by atoms with Crippen molar-refractivity contribution in [3.8, 4) is 5.75 Å². The molecule has 0 aromatic heterocycles. The first-order valence-electron chi connectivity index (χ1n) is 16.0. The predicted molar refractivity (Wildman–Crippen MR) is 179 cm³/mol. The van der Waals surface area contributed by atoms with Crippen molar-refractivity contribution in [1.82, 2.24) is 4.90 Å². The number of hydrogen-bond acceptors (Lipinski definition) is 6. The number of allylic oxidation sites excluding steroid dienone is 2. The highest BCUT2D eigenvalue weighted by molar-refractivity contribution is 6.11. The summed E-state index contributed by atoms with van der Waals surface area (Å²) in [5, 5.41) is 13.1. The lowest BCUT2D eigenvalue weighted by molar-refractivity contribution is -0.142. The molecule has 1 unspecified atom stereocenters. The summed E-state index contributed by atoms with van der Waals surface area (Å²) in [7, 11) is 1.57. The Morgan fingerprint density at radius 1 is 1.04 bits per heavy atom. The number of urea groups is 1. The van der Waals surface area contributed by atoms with Crippen molar-refractivity contribution in [2.45, 2.75) is 59.0 Å². The number of likely N-dealkylation sites (tertiary alicyclic amines) is 1. The molecule has 5 rings (SSSR count). The molecule has 2 heterocycles. The molecule has 2 aliphatic heterocycles. The molecule has 242 valence electrons. The standard InChI is InChI=1S/C37H43N3O6/c1-25(23-27(35(41)42)19-22-39-20-11-6-12-21-39)17-18-30-33(32-31(24-46-36(32)43)26(2)34(30)45-3)38-37(44)40(28-13-7-4-8-14-28)29-15-9-5-10-16-29/h4-5,7-10,13-17,27H,6,11-12,18-24H2,1-3H3,(H,38,44)(H,41,42)/b25-17+. The maximum absolute atomic E-state index is 14.2. The summed E-state index contributed by atoms with van der Waals surface area (Å²) in [5.41, 5.74) is 4.97. The molecular formula is C37H43N3O6. The molecule has 0 bridgehead atoms. The maximum atomic E-state index is 14.2. The Bertz CT molecular complexity index is 1540. The third kappa shape index (κ3) is 7.42. The first-order chi connectivity index (χ1) is 22.3. The highest BCUT2D eigenvalue weighted by atomic mass is 16.5. The van der Waals surface area contributed by atoms with Crippen molar-refractivity contribution in [3.63, 3.8) is 0 Å². The number of ether oxygens (including phenoxy) is 2. The number of carboxylic acid groups (broad SMARTS) is 1. The number of esters is 1. The summed E-state index contributed by atoms with van der Waals surface area (Å²) in [4.78, 5) is 43.4. The van der Waals surface area contributed by atoms with Gasteiger partial charge in [-0.2, -0.15) is 0 Å². The van der Waals surface area contributed by atoms with Crippen LogP contribution in [0.15, 0.2) is 72.3 Å². The minimum absolute atomic E-state index is 0.0901. The molecule has 3 aromatic rings. The highest BCUT2D eigenvalue weighted by Crippen LogP contribution is 2.42. The van der Waals surface area contributed by atoms with Gasteiger partial charge in [0.05, 0.1) is 35.7 Å². The van der Waals surface area contributed by atoms with Gasteiger partial charge in [0.15, 0.2) is 0 Å². The molecule has 2 N–H and O–H groups in total. The van der Waals surface area contributed by atoms with Crippen LogP contribution in [0, 0.1) is 12.8 Å². The van der Waals surface area contributed by atoms with Gasteiger partial charge in [-0.1, -0.05) is 54.5 Å². The van der Waals surface area contributed by atoms with E-state index in [1.54, 1.807) is 12.0 Å². The van der Waals surface area contributed by atoms with Crippen LogP contribution in [-0.4, -0.2) is 54.7 Å². The van der Waals surface area contributed by atoms with Gasteiger partial charge in [0.1, 0.15) is 12.4 Å². The molecule has 9 heteroatoms. The van der Waals surface area contributed by atoms with Crippen LogP contribution < -0.4 is 15.0 Å². The quantitative estimate of drug-likeness (QED) is 0.159. The van der Waals surface area contributed by atoms with Gasteiger partial charge in [0.25, 0.3) is 0 Å². The molecule has 1 fully saturated rings. The summed E-state index contributed by atoms with van der Waals surface area (Å²) in [6.07, 6.45) is 6.87. The second-order valence-corrected chi connectivity index (χ2v) is 12.1. The number of carbonyl (C=O) groups excluding carboxylic acids is 2. The minimum atomic E-state index is -0.798. The maximum Gasteiger partial charge on any atom is 0.341 e. The first-order valence-corrected chi connectivity index (χ1v) is 16.0. The summed E-state index contributed by atoms with van der Waals surface area (Å²) < 4.78 is 11.3. The van der Waals surface area contributed by atoms with Crippen molar-refractivity contribution >= 4 is 35.0 Å². The smallest absolute Gasteiger partial charge is 0.341 e. The Morgan fingerprint density at radius 2 is 1.67 bits per heavy atom. The van der Waals surface area contributed by atoms with E-state index in [0.717, 1.165) is 30.8 Å². The van der Waals surface area contributed by atoms with Crippen LogP contribution in [0.3, 0.4) is 0 Å². The van der Waals surface area contributed by atoms with Crippen molar-refractivity contribution in [2.75, 3.05) is 37.0 Å². The summed E-state index contributed by atoms with van der Waals surface area (Å²) in [6, 6.07) is 18.1. The number of fused-ring (bicyclic) bond motifs is 1. The SMILES string of the molecule is COc1c(C)c2c(c(NC(=O)N(c3ccccc3)c3ccccc3)c1C/C=C(\C)CC(CCN1CCCCC1)C(=O)O)C(=O)OC2. The van der Waals surface area contributed by atoms with Gasteiger partial charge in [-0.05, 0) is 95.4 Å². The van der Waals surface area contributed by atoms with Gasteiger partial charge in [-0.25, -0.2) is 9.59 Å². The van der Waals surface area contributed by atoms with Gasteiger partial charge in [-0.3, -0.25) is 9.69 Å². The van der Waals surface area contributed by atoms with Crippen molar-refractivity contribution < 1.29 is 29.0 Å². The van der Waals surface area contributed by atoms with Crippen molar-refractivity contribution in [2.24, 2.45) is 5.92 Å². The molecule has 1 atom stereocenters. The number of rotatable bonds is 12. The summed E-state index contributed by atoms with van der Waals surface area (Å²) >= 11 is 0. The van der Waals surface area contributed by atoms with E-state index in [1.165, 1.54) is 19.3 Å². The zero-order valence-electron chi connectivity index (χ0n) is 26.9. The molecule has 46 heavy (non-hydrogen) atoms. The van der Waals surface area contributed by atoms with E-state index in [9.17, 15) is 19.5 Å². The Labute approximate surface area is 270 Å². The number of anilines is 3. The minimum Gasteiger partial charge on any atom is -0.496 e. The number of nitrogens with zero attached hydrogens (tertiary/aromatic N) is 2. The van der Waals surface area contributed by atoms with E-state index < -0.39 is 23.9 Å². The number of amides is 2. The fraction of sp³-hybridized carbons (Fsp3) is 0.378. The van der Waals surface area contributed by atoms with E-state index in [0.29, 0.717) is 58.8 Å². The second kappa shape index (κ2) is 15.1. The zero-order chi connectivity index (χ0) is 32.6. The van der Waals surface area contributed by atoms with Crippen LogP contribution in [0.5, 0.6) is 5.75 Å². The summed E-state index contributed by atoms with van der Waals surface area (Å²) in [6.45, 7) is 6.74. The van der Waals surface area contributed by atoms with E-state index in [-0.39, 0.29) is 6.61 Å². The average molecular weight is 626 g/mol. The van der Waals surface area contributed by atoms with Gasteiger partial charge in [-0.15, -0.1) is 0 Å². The number of methoxy groups -OCH3 is 1. The Balaban J connectivity index is 1.46. The van der Waals surface area contributed by atoms with E-state index >= 15 is 0 Å². The third-order valence-electron chi connectivity index (χ3n) is 8.96. The fourth-order valence-electron chi connectivity index (χ4n) is 6.47. The Hall–Kier alpha value is -4.63. The van der Waals surface area contributed by atoms with Crippen LogP contribution in [0.4, 0.5) is 21.9 Å². The number of cyclic esters (lactones) is 1. The van der Waals surface area contributed by atoms with Crippen LogP contribution in [0.25, 0.3) is 0 Å². The van der Waals surface area contributed by atoms with Gasteiger partial charge in [0.2, 0.25) is 0 Å². The lowest BCUT2D eigenvalue weighted by Gasteiger charge is -2.27. The number of piperidine rings is 1. The first kappa shape index (κ1) is 32.8. The predicted octanol–water partition coefficient (Wildman–Crippen LogP) is 7.50. The van der Waals surface area contributed by atoms with E-state index in [2.05, 4.69) is 10.2 Å². The number of benzene rings is 3. The fourth-order valence-corrected chi connectivity index (χ4v) is 6.47. The second-order valence-electron chi connectivity index (χ2n) is 12.1. The Morgan fingerprint density at radius 3 is 2.26 bits per heavy atom. The Kier molecular flexibility index (Phi) is 10.8. The molecular weight excluding hydrogens is 582 g/mol. The molecule has 2 amide bonds. The number of nitrogens with one attached hydrogen (secondary N) is 1. The topological polar surface area (TPSA) is 108 Å². The lowest BCUT2D eigenvalue weighted by Crippen LogP contribution is -2.32. The van der Waals surface area contributed by atoms with Crippen LogP contribution in [0.2, 0.25) is 0 Å². The van der Waals surface area contributed by atoms with Crippen molar-refractivity contribution in [1.29, 1.82) is 0 Å². The monoisotopic (exact) mass is 625 g/mol. The molecule has 2 aliphatic rings. The number of carboxylic acids is 1. The molecule has 9 nitrogen and oxygen atoms in total. The molecule has 0 aliphatic carbocycles. The van der Waals surface area contributed by atoms with Crippen LogP contribution in [0.1, 0.15) is 66.1 Å². The van der Waals surface area contributed by atoms with Gasteiger partial charge >= 0.3 is 18.0 Å². The molecule has 3 aromatic carbocycles. The van der Waals surface area contributed by atoms with E-state index in [4.69, 9.17) is 9.47 Å². The molecule has 0 radical (unpaired) electrons. The van der Waals surface area contributed by atoms with Gasteiger partial charge in [0, 0.05) is 11.1 Å². The number of para-hydroxylation sites is 2. The molecule has 0 saturated carbocycles. The highest BCUT2D eigenvalue weighted by Gasteiger charge is 2.34. The number of hydrogen-bond donors (Lipinski definition) is 2. The number of carbonyl (C=O) groups is 3. The normalized spacial score (nSPS) is 15.5. The molecule has 0 spiro atoms. The summed E-state index contributed by atoms with van der Waals surface area (Å²) in [5.74, 6) is -1.25. The van der Waals surface area contributed by atoms with Crippen LogP contribution >= 0.6 is 0 Å².